The molecule has 1 aromatic rings. The lowest BCUT2D eigenvalue weighted by atomic mass is 9.78. The van der Waals surface area contributed by atoms with Gasteiger partial charge in [0.05, 0.1) is 24.6 Å². The Balaban J connectivity index is 0.000000991. The number of nitrogens with zero attached hydrogens (tertiary/aromatic N) is 1. The maximum atomic E-state index is 6.52. The molecule has 3 nitrogen and oxygen atoms in total. The molecule has 0 saturated heterocycles. The average Bonchev–Trinajstić information content (AvgIpc) is 2.89. The normalized spacial score (nSPS) is 18.8. The van der Waals surface area contributed by atoms with E-state index in [0.717, 1.165) is 30.7 Å². The summed E-state index contributed by atoms with van der Waals surface area (Å²) in [5.74, 6) is 7.60. The SMILES string of the molecule is C=C(C)OC.C=C/C(=C\C=C/C)C1CC(C2=CCCC=C2)N(N)c2ccccc21.CC.CC. The zero-order valence-electron chi connectivity index (χ0n) is 22.0. The van der Waals surface area contributed by atoms with Crippen LogP contribution in [-0.4, -0.2) is 13.2 Å². The highest BCUT2D eigenvalue weighted by Gasteiger charge is 2.33. The molecule has 0 bridgehead atoms. The minimum absolute atomic E-state index is 0.204. The molecule has 2 aliphatic rings. The van der Waals surface area contributed by atoms with Gasteiger partial charge in [0.2, 0.25) is 0 Å². The number of hydrazine groups is 1. The third kappa shape index (κ3) is 9.31. The first-order valence-corrected chi connectivity index (χ1v) is 12.2. The maximum absolute atomic E-state index is 6.52. The molecule has 2 unspecified atom stereocenters. The van der Waals surface area contributed by atoms with Crippen molar-refractivity contribution in [3.8, 4) is 0 Å². The van der Waals surface area contributed by atoms with Crippen molar-refractivity contribution in [1.29, 1.82) is 0 Å². The van der Waals surface area contributed by atoms with Gasteiger partial charge in [0.25, 0.3) is 0 Å². The number of anilines is 1. The van der Waals surface area contributed by atoms with Gasteiger partial charge < -0.3 is 9.75 Å². The summed E-state index contributed by atoms with van der Waals surface area (Å²) in [6.45, 7) is 19.3. The third-order valence-electron chi connectivity index (χ3n) is 5.26. The minimum Gasteiger partial charge on any atom is -0.502 e. The highest BCUT2D eigenvalue weighted by Crippen LogP contribution is 2.43. The van der Waals surface area contributed by atoms with Gasteiger partial charge in [-0.05, 0) is 55.9 Å². The molecule has 2 N–H and O–H groups in total. The second-order valence-electron chi connectivity index (χ2n) is 7.26. The molecule has 2 atom stereocenters. The Morgan fingerprint density at radius 3 is 2.30 bits per heavy atom. The molecule has 182 valence electrons. The van der Waals surface area contributed by atoms with E-state index < -0.39 is 0 Å². The van der Waals surface area contributed by atoms with Gasteiger partial charge in [-0.1, -0.05) is 102 Å². The Hall–Kier alpha value is -2.78. The summed E-state index contributed by atoms with van der Waals surface area (Å²) in [4.78, 5) is 0. The fourth-order valence-corrected chi connectivity index (χ4v) is 3.68. The first-order valence-electron chi connectivity index (χ1n) is 12.2. The number of para-hydroxylation sites is 1. The Morgan fingerprint density at radius 1 is 1.15 bits per heavy atom. The molecule has 0 radical (unpaired) electrons. The van der Waals surface area contributed by atoms with Crippen molar-refractivity contribution in [3.63, 3.8) is 0 Å². The minimum atomic E-state index is 0.204. The van der Waals surface area contributed by atoms with E-state index in [4.69, 9.17) is 5.84 Å². The molecular formula is C30H46N2O. The van der Waals surface area contributed by atoms with Crippen LogP contribution in [0, 0.1) is 0 Å². The molecule has 0 spiro atoms. The van der Waals surface area contributed by atoms with Crippen molar-refractivity contribution in [1.82, 2.24) is 0 Å². The summed E-state index contributed by atoms with van der Waals surface area (Å²) >= 11 is 0. The van der Waals surface area contributed by atoms with Crippen LogP contribution in [0.15, 0.2) is 96.9 Å². The number of methoxy groups -OCH3 is 1. The van der Waals surface area contributed by atoms with Gasteiger partial charge in [0.15, 0.2) is 0 Å². The number of nitrogens with two attached hydrogens (primary N) is 1. The molecule has 0 aromatic heterocycles. The van der Waals surface area contributed by atoms with Crippen molar-refractivity contribution in [2.45, 2.75) is 72.8 Å². The quantitative estimate of drug-likeness (QED) is 0.278. The van der Waals surface area contributed by atoms with Crippen LogP contribution in [0.1, 0.15) is 72.3 Å². The highest BCUT2D eigenvalue weighted by molar-refractivity contribution is 5.62. The highest BCUT2D eigenvalue weighted by atomic mass is 16.5. The molecule has 1 heterocycles. The number of allylic oxidation sites excluding steroid dienone is 8. The van der Waals surface area contributed by atoms with Crippen LogP contribution < -0.4 is 10.9 Å². The van der Waals surface area contributed by atoms with E-state index in [1.165, 1.54) is 16.7 Å². The van der Waals surface area contributed by atoms with Crippen molar-refractivity contribution < 1.29 is 4.74 Å². The van der Waals surface area contributed by atoms with Crippen LogP contribution in [0.2, 0.25) is 0 Å². The van der Waals surface area contributed by atoms with E-state index in [9.17, 15) is 0 Å². The zero-order valence-corrected chi connectivity index (χ0v) is 22.0. The average molecular weight is 451 g/mol. The Labute approximate surface area is 203 Å². The molecule has 1 aliphatic heterocycles. The van der Waals surface area contributed by atoms with Crippen molar-refractivity contribution in [2.75, 3.05) is 12.1 Å². The van der Waals surface area contributed by atoms with Gasteiger partial charge in [0.1, 0.15) is 0 Å². The Bertz CT molecular complexity index is 829. The largest absolute Gasteiger partial charge is 0.502 e. The predicted octanol–water partition coefficient (Wildman–Crippen LogP) is 8.41. The third-order valence-corrected chi connectivity index (χ3v) is 5.26. The van der Waals surface area contributed by atoms with Gasteiger partial charge in [-0.25, -0.2) is 5.84 Å². The van der Waals surface area contributed by atoms with Crippen LogP contribution in [0.25, 0.3) is 0 Å². The van der Waals surface area contributed by atoms with Gasteiger partial charge in [-0.2, -0.15) is 0 Å². The van der Waals surface area contributed by atoms with Crippen LogP contribution in [0.3, 0.4) is 0 Å². The maximum Gasteiger partial charge on any atom is 0.0853 e. The molecular weight excluding hydrogens is 404 g/mol. The van der Waals surface area contributed by atoms with Crippen molar-refractivity contribution in [2.24, 2.45) is 5.84 Å². The summed E-state index contributed by atoms with van der Waals surface area (Å²) in [7, 11) is 1.60. The lowest BCUT2D eigenvalue weighted by Gasteiger charge is -2.41. The topological polar surface area (TPSA) is 38.5 Å². The first-order chi connectivity index (χ1) is 16.0. The fourth-order valence-electron chi connectivity index (χ4n) is 3.68. The second-order valence-corrected chi connectivity index (χ2v) is 7.26. The summed E-state index contributed by atoms with van der Waals surface area (Å²) < 4.78 is 4.56. The fraction of sp³-hybridized carbons (Fsp3) is 0.400. The van der Waals surface area contributed by atoms with E-state index in [0.29, 0.717) is 5.92 Å². The van der Waals surface area contributed by atoms with Gasteiger partial charge >= 0.3 is 0 Å². The van der Waals surface area contributed by atoms with Crippen LogP contribution in [0.5, 0.6) is 0 Å². The molecule has 3 rings (SSSR count). The number of hydrogen-bond acceptors (Lipinski definition) is 3. The zero-order chi connectivity index (χ0) is 25.2. The van der Waals surface area contributed by atoms with Crippen LogP contribution in [-0.2, 0) is 4.74 Å². The molecule has 33 heavy (non-hydrogen) atoms. The van der Waals surface area contributed by atoms with Crippen molar-refractivity contribution in [3.05, 3.63) is 102 Å². The molecule has 3 heteroatoms. The van der Waals surface area contributed by atoms with Gasteiger partial charge in [0, 0.05) is 5.92 Å². The molecule has 0 fully saturated rings. The molecule has 0 saturated carbocycles. The Kier molecular flexibility index (Phi) is 16.2. The summed E-state index contributed by atoms with van der Waals surface area (Å²) in [5.41, 5.74) is 4.98. The molecule has 0 amide bonds. The Morgan fingerprint density at radius 2 is 1.79 bits per heavy atom. The molecule has 1 aliphatic carbocycles. The van der Waals surface area contributed by atoms with Gasteiger partial charge in [-0.3, -0.25) is 0 Å². The lowest BCUT2D eigenvalue weighted by Crippen LogP contribution is -2.46. The van der Waals surface area contributed by atoms with E-state index >= 15 is 0 Å². The van der Waals surface area contributed by atoms with Crippen molar-refractivity contribution >= 4 is 5.69 Å². The second kappa shape index (κ2) is 17.7. The number of hydrogen-bond donors (Lipinski definition) is 1. The number of fused-ring (bicyclic) bond motifs is 1. The van der Waals surface area contributed by atoms with E-state index in [1.54, 1.807) is 14.0 Å². The van der Waals surface area contributed by atoms with Crippen LogP contribution in [0.4, 0.5) is 5.69 Å². The number of benzene rings is 1. The first kappa shape index (κ1) is 30.2. The van der Waals surface area contributed by atoms with E-state index in [1.807, 2.05) is 45.7 Å². The summed E-state index contributed by atoms with van der Waals surface area (Å²) in [6.07, 6.45) is 18.3. The van der Waals surface area contributed by atoms with Gasteiger partial charge in [-0.15, -0.1) is 0 Å². The summed E-state index contributed by atoms with van der Waals surface area (Å²) in [6, 6.07) is 8.67. The smallest absolute Gasteiger partial charge is 0.0853 e. The van der Waals surface area contributed by atoms with E-state index in [2.05, 4.69) is 78.6 Å². The van der Waals surface area contributed by atoms with E-state index in [-0.39, 0.29) is 6.04 Å². The van der Waals surface area contributed by atoms with Crippen LogP contribution >= 0.6 is 0 Å². The number of ether oxygens (including phenoxy) is 1. The number of rotatable bonds is 5. The molecule has 1 aromatic carbocycles. The summed E-state index contributed by atoms with van der Waals surface area (Å²) in [5, 5.41) is 1.95. The standard InChI is InChI=1S/C22H26N2.C4H8O.2C2H6/c1-3-5-11-17(4-2)20-16-22(18-12-7-6-8-13-18)24(23)21-15-10-9-14-19(20)21;1-4(2)5-3;2*1-2/h3-5,7,9-15,20,22H,2,6,8,16,23H2,1H3;1H2,2-3H3;2*1-2H3/b5-3-,17-11+;;;. The lowest BCUT2D eigenvalue weighted by molar-refractivity contribution is 0.295. The predicted molar refractivity (Wildman–Crippen MR) is 148 cm³/mol. The monoisotopic (exact) mass is 450 g/mol.